The van der Waals surface area contributed by atoms with E-state index in [0.29, 0.717) is 12.5 Å². The maximum absolute atomic E-state index is 10.5. The molecule has 3 rings (SSSR count). The second-order valence-electron chi connectivity index (χ2n) is 6.50. The van der Waals surface area contributed by atoms with Gasteiger partial charge in [-0.1, -0.05) is 29.8 Å². The summed E-state index contributed by atoms with van der Waals surface area (Å²) in [5.41, 5.74) is 2.22. The molecule has 1 saturated heterocycles. The van der Waals surface area contributed by atoms with Crippen LogP contribution in [0.3, 0.4) is 0 Å². The van der Waals surface area contributed by atoms with E-state index in [1.165, 1.54) is 5.56 Å². The van der Waals surface area contributed by atoms with Crippen molar-refractivity contribution in [1.29, 1.82) is 0 Å². The lowest BCUT2D eigenvalue weighted by molar-refractivity contribution is 0.0940. The lowest BCUT2D eigenvalue weighted by Gasteiger charge is -2.33. The van der Waals surface area contributed by atoms with Crippen LogP contribution in [0.25, 0.3) is 0 Å². The normalized spacial score (nSPS) is 20.6. The maximum atomic E-state index is 10.5. The summed E-state index contributed by atoms with van der Waals surface area (Å²) in [6.07, 6.45) is 3.67. The molecule has 124 valence electrons. The summed E-state index contributed by atoms with van der Waals surface area (Å²) in [7, 11) is 0. The molecule has 2 heterocycles. The number of hydrogen-bond acceptors (Lipinski definition) is 4. The highest BCUT2D eigenvalue weighted by atomic mass is 16.3. The van der Waals surface area contributed by atoms with Crippen LogP contribution in [0.15, 0.2) is 30.6 Å². The Kier molecular flexibility index (Phi) is 5.08. The van der Waals surface area contributed by atoms with E-state index in [1.807, 2.05) is 18.5 Å². The molecule has 1 fully saturated rings. The zero-order valence-electron chi connectivity index (χ0n) is 14.0. The van der Waals surface area contributed by atoms with E-state index in [4.69, 9.17) is 0 Å². The molecule has 1 N–H and O–H groups in total. The Morgan fingerprint density at radius 1 is 1.30 bits per heavy atom. The third-order valence-electron chi connectivity index (χ3n) is 4.75. The number of β-amino-alcohol motifs (C(OH)–C–C–N with tert-alkyl or cyclic N) is 1. The predicted octanol–water partition coefficient (Wildman–Crippen LogP) is 2.52. The van der Waals surface area contributed by atoms with Gasteiger partial charge in [-0.25, -0.2) is 0 Å². The fraction of sp³-hybridized carbons (Fsp3) is 0.556. The van der Waals surface area contributed by atoms with Gasteiger partial charge in [-0.3, -0.25) is 4.90 Å². The Bertz CT molecular complexity index is 622. The van der Waals surface area contributed by atoms with E-state index < -0.39 is 6.10 Å². The van der Waals surface area contributed by atoms with Crippen LogP contribution >= 0.6 is 0 Å². The quantitative estimate of drug-likeness (QED) is 0.921. The molecule has 0 aliphatic carbocycles. The lowest BCUT2D eigenvalue weighted by Crippen LogP contribution is -2.38. The van der Waals surface area contributed by atoms with Crippen LogP contribution in [0.2, 0.25) is 0 Å². The highest BCUT2D eigenvalue weighted by Gasteiger charge is 2.26. The van der Waals surface area contributed by atoms with Gasteiger partial charge in [-0.05, 0) is 38.8 Å². The molecule has 0 spiro atoms. The molecule has 2 aromatic rings. The second-order valence-corrected chi connectivity index (χ2v) is 6.50. The largest absolute Gasteiger partial charge is 0.387 e. The van der Waals surface area contributed by atoms with Crippen molar-refractivity contribution in [2.24, 2.45) is 0 Å². The molecule has 1 aliphatic heterocycles. The number of aliphatic hydroxyl groups is 1. The van der Waals surface area contributed by atoms with Gasteiger partial charge in [0.15, 0.2) is 0 Å². The first-order valence-electron chi connectivity index (χ1n) is 8.52. The number of aliphatic hydroxyl groups excluding tert-OH is 1. The van der Waals surface area contributed by atoms with Crippen molar-refractivity contribution in [3.05, 3.63) is 47.5 Å². The second kappa shape index (κ2) is 7.23. The Balaban J connectivity index is 1.63. The molecular weight excluding hydrogens is 288 g/mol. The van der Waals surface area contributed by atoms with Crippen molar-refractivity contribution < 1.29 is 5.11 Å². The molecule has 0 saturated carbocycles. The predicted molar refractivity (Wildman–Crippen MR) is 90.2 cm³/mol. The molecule has 0 radical (unpaired) electrons. The molecule has 2 atom stereocenters. The minimum absolute atomic E-state index is 0.413. The summed E-state index contributed by atoms with van der Waals surface area (Å²) in [6, 6.07) is 8.16. The SMILES string of the molecule is CCn1cnnc1C1CCCN(CC(O)c2ccc(C)cc2)C1. The molecule has 23 heavy (non-hydrogen) atoms. The average Bonchev–Trinajstić information content (AvgIpc) is 3.04. The zero-order valence-corrected chi connectivity index (χ0v) is 14.0. The minimum Gasteiger partial charge on any atom is -0.387 e. The Morgan fingerprint density at radius 2 is 2.09 bits per heavy atom. The standard InChI is InChI=1S/C18H26N4O/c1-3-22-13-19-20-18(22)16-5-4-10-21(11-16)12-17(23)15-8-6-14(2)7-9-15/h6-9,13,16-17,23H,3-5,10-12H2,1-2H3. The molecule has 1 aromatic heterocycles. The first kappa shape index (κ1) is 16.1. The molecule has 0 bridgehead atoms. The molecule has 5 heteroatoms. The monoisotopic (exact) mass is 314 g/mol. The maximum Gasteiger partial charge on any atom is 0.137 e. The van der Waals surface area contributed by atoms with E-state index in [1.54, 1.807) is 0 Å². The zero-order chi connectivity index (χ0) is 16.2. The molecule has 2 unspecified atom stereocenters. The number of likely N-dealkylation sites (tertiary alicyclic amines) is 1. The summed E-state index contributed by atoms with van der Waals surface area (Å²) in [5, 5.41) is 18.9. The van der Waals surface area contributed by atoms with Gasteiger partial charge < -0.3 is 9.67 Å². The number of piperidine rings is 1. The Morgan fingerprint density at radius 3 is 2.83 bits per heavy atom. The number of benzene rings is 1. The van der Waals surface area contributed by atoms with Crippen LogP contribution in [0, 0.1) is 6.92 Å². The fourth-order valence-electron chi connectivity index (χ4n) is 3.39. The van der Waals surface area contributed by atoms with E-state index in [-0.39, 0.29) is 0 Å². The summed E-state index contributed by atoms with van der Waals surface area (Å²) in [5.74, 6) is 1.50. The fourth-order valence-corrected chi connectivity index (χ4v) is 3.39. The molecule has 1 aliphatic rings. The Labute approximate surface area is 138 Å². The third kappa shape index (κ3) is 3.79. The van der Waals surface area contributed by atoms with Crippen molar-refractivity contribution in [3.63, 3.8) is 0 Å². The molecule has 0 amide bonds. The molecule has 1 aromatic carbocycles. The van der Waals surface area contributed by atoms with E-state index in [0.717, 1.165) is 43.9 Å². The topological polar surface area (TPSA) is 54.2 Å². The van der Waals surface area contributed by atoms with Gasteiger partial charge in [0.25, 0.3) is 0 Å². The van der Waals surface area contributed by atoms with E-state index >= 15 is 0 Å². The van der Waals surface area contributed by atoms with Crippen LogP contribution in [0.4, 0.5) is 0 Å². The van der Waals surface area contributed by atoms with Crippen LogP contribution in [0.1, 0.15) is 48.7 Å². The van der Waals surface area contributed by atoms with Gasteiger partial charge in [0, 0.05) is 25.6 Å². The lowest BCUT2D eigenvalue weighted by atomic mass is 9.96. The van der Waals surface area contributed by atoms with Gasteiger partial charge in [-0.2, -0.15) is 0 Å². The van der Waals surface area contributed by atoms with Crippen molar-refractivity contribution in [2.75, 3.05) is 19.6 Å². The number of hydrogen-bond donors (Lipinski definition) is 1. The first-order valence-corrected chi connectivity index (χ1v) is 8.52. The van der Waals surface area contributed by atoms with Crippen LogP contribution in [0.5, 0.6) is 0 Å². The van der Waals surface area contributed by atoms with E-state index in [2.05, 4.69) is 45.6 Å². The summed E-state index contributed by atoms with van der Waals surface area (Å²) < 4.78 is 2.13. The van der Waals surface area contributed by atoms with Crippen LogP contribution in [-0.4, -0.2) is 44.4 Å². The van der Waals surface area contributed by atoms with Gasteiger partial charge in [-0.15, -0.1) is 10.2 Å². The van der Waals surface area contributed by atoms with Gasteiger partial charge in [0.05, 0.1) is 6.10 Å². The van der Waals surface area contributed by atoms with Gasteiger partial charge in [0.2, 0.25) is 0 Å². The summed E-state index contributed by atoms with van der Waals surface area (Å²) in [4.78, 5) is 2.35. The number of rotatable bonds is 5. The smallest absolute Gasteiger partial charge is 0.137 e. The van der Waals surface area contributed by atoms with Crippen molar-refractivity contribution in [3.8, 4) is 0 Å². The number of aryl methyl sites for hydroxylation is 2. The number of aromatic nitrogens is 3. The highest BCUT2D eigenvalue weighted by molar-refractivity contribution is 5.23. The third-order valence-corrected chi connectivity index (χ3v) is 4.75. The summed E-state index contributed by atoms with van der Waals surface area (Å²) in [6.45, 7) is 7.76. The highest BCUT2D eigenvalue weighted by Crippen LogP contribution is 2.27. The first-order chi connectivity index (χ1) is 11.2. The van der Waals surface area contributed by atoms with Crippen molar-refractivity contribution >= 4 is 0 Å². The molecule has 5 nitrogen and oxygen atoms in total. The number of nitrogens with zero attached hydrogens (tertiary/aromatic N) is 4. The van der Waals surface area contributed by atoms with Gasteiger partial charge in [0.1, 0.15) is 12.2 Å². The van der Waals surface area contributed by atoms with Crippen LogP contribution < -0.4 is 0 Å². The Hall–Kier alpha value is -1.72. The van der Waals surface area contributed by atoms with Crippen molar-refractivity contribution in [1.82, 2.24) is 19.7 Å². The average molecular weight is 314 g/mol. The van der Waals surface area contributed by atoms with Crippen LogP contribution in [-0.2, 0) is 6.54 Å². The minimum atomic E-state index is -0.432. The summed E-state index contributed by atoms with van der Waals surface area (Å²) >= 11 is 0. The van der Waals surface area contributed by atoms with Crippen molar-refractivity contribution in [2.45, 2.75) is 45.3 Å². The molecular formula is C18H26N4O. The van der Waals surface area contributed by atoms with Gasteiger partial charge >= 0.3 is 0 Å². The van der Waals surface area contributed by atoms with E-state index in [9.17, 15) is 5.11 Å².